The lowest BCUT2D eigenvalue weighted by Gasteiger charge is -2.16. The molecule has 23 heavy (non-hydrogen) atoms. The van der Waals surface area contributed by atoms with Crippen LogP contribution in [0.5, 0.6) is 0 Å². The van der Waals surface area contributed by atoms with Crippen molar-refractivity contribution in [3.05, 3.63) is 0 Å². The van der Waals surface area contributed by atoms with Crippen LogP contribution in [0, 0.1) is 11.8 Å². The van der Waals surface area contributed by atoms with Gasteiger partial charge in [0.15, 0.2) is 5.12 Å². The first-order valence-electron chi connectivity index (χ1n) is 7.96. The summed E-state index contributed by atoms with van der Waals surface area (Å²) in [5.41, 5.74) is 0. The number of hydrogen-bond donors (Lipinski definition) is 1. The average molecular weight is 343 g/mol. The Balaban J connectivity index is 2.57. The van der Waals surface area contributed by atoms with Crippen LogP contribution < -0.4 is 5.32 Å². The van der Waals surface area contributed by atoms with Gasteiger partial charge in [0.05, 0.1) is 5.92 Å². The number of esters is 2. The first-order chi connectivity index (χ1) is 10.8. The Labute approximate surface area is 141 Å². The number of ether oxygens (including phenoxy) is 1. The summed E-state index contributed by atoms with van der Waals surface area (Å²) in [4.78, 5) is 46.9. The van der Waals surface area contributed by atoms with Crippen LogP contribution in [0.15, 0.2) is 0 Å². The maximum atomic E-state index is 12.2. The van der Waals surface area contributed by atoms with E-state index >= 15 is 0 Å². The van der Waals surface area contributed by atoms with Gasteiger partial charge in [-0.3, -0.25) is 14.4 Å². The number of Topliss-reactive ketones (excluding diaryl/α,β-unsaturated/α-hetero) is 1. The fraction of sp³-hybridized carbons (Fsp3) is 0.750. The highest BCUT2D eigenvalue weighted by molar-refractivity contribution is 8.13. The lowest BCUT2D eigenvalue weighted by atomic mass is 9.98. The second-order valence-corrected chi connectivity index (χ2v) is 7.25. The second-order valence-electron chi connectivity index (χ2n) is 6.05. The van der Waals surface area contributed by atoms with E-state index in [1.165, 1.54) is 6.92 Å². The van der Waals surface area contributed by atoms with Gasteiger partial charge >= 0.3 is 11.9 Å². The molecule has 1 saturated heterocycles. The molecule has 1 aliphatic rings. The lowest BCUT2D eigenvalue weighted by molar-refractivity contribution is -0.163. The molecule has 0 aliphatic carbocycles. The Morgan fingerprint density at radius 1 is 1.26 bits per heavy atom. The number of thioether (sulfide) groups is 1. The largest absolute Gasteiger partial charge is 0.392 e. The number of carbonyl (C=O) groups is 4. The van der Waals surface area contributed by atoms with Crippen LogP contribution in [-0.2, 0) is 23.9 Å². The van der Waals surface area contributed by atoms with E-state index in [0.29, 0.717) is 12.8 Å². The molecule has 1 rings (SSSR count). The normalized spacial score (nSPS) is 18.7. The van der Waals surface area contributed by atoms with Gasteiger partial charge in [0, 0.05) is 25.0 Å². The molecular formula is C16H25NO5S. The zero-order valence-corrected chi connectivity index (χ0v) is 14.7. The lowest BCUT2D eigenvalue weighted by Crippen LogP contribution is -2.36. The number of ketones is 1. The fourth-order valence-electron chi connectivity index (χ4n) is 2.23. The van der Waals surface area contributed by atoms with Gasteiger partial charge < -0.3 is 10.1 Å². The van der Waals surface area contributed by atoms with Crippen LogP contribution in [0.4, 0.5) is 0 Å². The summed E-state index contributed by atoms with van der Waals surface area (Å²) in [6.45, 7) is 5.75. The molecule has 0 radical (unpaired) electrons. The molecule has 1 aliphatic heterocycles. The van der Waals surface area contributed by atoms with Crippen LogP contribution in [0.1, 0.15) is 46.5 Å². The van der Waals surface area contributed by atoms with Gasteiger partial charge in [0.25, 0.3) is 0 Å². The van der Waals surface area contributed by atoms with E-state index < -0.39 is 23.9 Å². The molecule has 0 aromatic heterocycles. The Morgan fingerprint density at radius 2 is 1.96 bits per heavy atom. The third kappa shape index (κ3) is 7.26. The van der Waals surface area contributed by atoms with E-state index in [0.717, 1.165) is 24.7 Å². The van der Waals surface area contributed by atoms with Crippen molar-refractivity contribution in [3.8, 4) is 0 Å². The number of carbonyl (C=O) groups excluding carboxylic acids is 4. The molecule has 1 heterocycles. The average Bonchev–Trinajstić information content (AvgIpc) is 3.00. The molecule has 1 N–H and O–H groups in total. The summed E-state index contributed by atoms with van der Waals surface area (Å²) < 4.78 is 4.95. The Hall–Kier alpha value is -1.21. The van der Waals surface area contributed by atoms with E-state index in [4.69, 9.17) is 4.74 Å². The molecule has 1 unspecified atom stereocenters. The number of nitrogens with one attached hydrogen (secondary N) is 1. The van der Waals surface area contributed by atoms with Gasteiger partial charge in [-0.25, -0.2) is 4.79 Å². The SMILES string of the molecule is CC(=O)SCC(CCC(=O)C(C)C)C(=O)OC(=O)[C@@H]1CCCN1. The minimum Gasteiger partial charge on any atom is -0.392 e. The zero-order chi connectivity index (χ0) is 17.4. The molecule has 0 aromatic carbocycles. The predicted molar refractivity (Wildman–Crippen MR) is 87.8 cm³/mol. The first kappa shape index (κ1) is 19.8. The van der Waals surface area contributed by atoms with Crippen molar-refractivity contribution in [1.82, 2.24) is 5.32 Å². The van der Waals surface area contributed by atoms with E-state index in [-0.39, 0.29) is 29.0 Å². The highest BCUT2D eigenvalue weighted by atomic mass is 32.2. The van der Waals surface area contributed by atoms with Gasteiger partial charge in [-0.1, -0.05) is 25.6 Å². The minimum atomic E-state index is -0.644. The third-order valence-electron chi connectivity index (χ3n) is 3.75. The van der Waals surface area contributed by atoms with Crippen LogP contribution >= 0.6 is 11.8 Å². The van der Waals surface area contributed by atoms with Gasteiger partial charge in [0.1, 0.15) is 11.8 Å². The molecule has 7 heteroatoms. The smallest absolute Gasteiger partial charge is 0.330 e. The van der Waals surface area contributed by atoms with E-state index in [1.807, 2.05) is 0 Å². The molecule has 130 valence electrons. The highest BCUT2D eigenvalue weighted by Gasteiger charge is 2.29. The number of hydrogen-bond acceptors (Lipinski definition) is 7. The van der Waals surface area contributed by atoms with Crippen molar-refractivity contribution >= 4 is 34.6 Å². The quantitative estimate of drug-likeness (QED) is 0.530. The summed E-state index contributed by atoms with van der Waals surface area (Å²) in [6, 6.07) is -0.433. The molecule has 0 saturated carbocycles. The molecule has 0 bridgehead atoms. The monoisotopic (exact) mass is 343 g/mol. The second kappa shape index (κ2) is 9.82. The maximum absolute atomic E-state index is 12.2. The molecular weight excluding hydrogens is 318 g/mol. The Kier molecular flexibility index (Phi) is 8.47. The first-order valence-corrected chi connectivity index (χ1v) is 8.94. The van der Waals surface area contributed by atoms with Crippen molar-refractivity contribution in [1.29, 1.82) is 0 Å². The molecule has 1 fully saturated rings. The molecule has 0 amide bonds. The Bertz CT molecular complexity index is 457. The fourth-order valence-corrected chi connectivity index (χ4v) is 2.97. The van der Waals surface area contributed by atoms with Gasteiger partial charge in [-0.15, -0.1) is 0 Å². The summed E-state index contributed by atoms with van der Waals surface area (Å²) in [6.07, 6.45) is 2.07. The summed E-state index contributed by atoms with van der Waals surface area (Å²) >= 11 is 1.01. The standard InChI is InChI=1S/C16H25NO5S/c1-10(2)14(19)7-6-12(9-23-11(3)18)15(20)22-16(21)13-5-4-8-17-13/h10,12-13,17H,4-9H2,1-3H3/t12?,13-/m0/s1. The van der Waals surface area contributed by atoms with Crippen LogP contribution in [-0.4, -0.2) is 41.2 Å². The van der Waals surface area contributed by atoms with Gasteiger partial charge in [-0.05, 0) is 25.8 Å². The van der Waals surface area contributed by atoms with Crippen molar-refractivity contribution in [2.75, 3.05) is 12.3 Å². The molecule has 6 nitrogen and oxygen atoms in total. The van der Waals surface area contributed by atoms with Crippen molar-refractivity contribution < 1.29 is 23.9 Å². The van der Waals surface area contributed by atoms with Crippen molar-refractivity contribution in [2.24, 2.45) is 11.8 Å². The van der Waals surface area contributed by atoms with Crippen LogP contribution in [0.25, 0.3) is 0 Å². The maximum Gasteiger partial charge on any atom is 0.330 e. The highest BCUT2D eigenvalue weighted by Crippen LogP contribution is 2.19. The minimum absolute atomic E-state index is 0.0550. The predicted octanol–water partition coefficient (Wildman–Crippen LogP) is 1.71. The molecule has 2 atom stereocenters. The summed E-state index contributed by atoms with van der Waals surface area (Å²) in [5.74, 6) is -1.66. The van der Waals surface area contributed by atoms with E-state index in [9.17, 15) is 19.2 Å². The van der Waals surface area contributed by atoms with Crippen molar-refractivity contribution in [2.45, 2.75) is 52.5 Å². The van der Waals surface area contributed by atoms with Crippen LogP contribution in [0.2, 0.25) is 0 Å². The zero-order valence-electron chi connectivity index (χ0n) is 13.9. The third-order valence-corrected chi connectivity index (χ3v) is 4.73. The van der Waals surface area contributed by atoms with E-state index in [2.05, 4.69) is 5.32 Å². The summed E-state index contributed by atoms with van der Waals surface area (Å²) in [7, 11) is 0. The summed E-state index contributed by atoms with van der Waals surface area (Å²) in [5, 5.41) is 2.87. The topological polar surface area (TPSA) is 89.5 Å². The van der Waals surface area contributed by atoms with Crippen LogP contribution in [0.3, 0.4) is 0 Å². The molecule has 0 spiro atoms. The Morgan fingerprint density at radius 3 is 2.48 bits per heavy atom. The van der Waals surface area contributed by atoms with Gasteiger partial charge in [0.2, 0.25) is 0 Å². The van der Waals surface area contributed by atoms with E-state index in [1.54, 1.807) is 13.8 Å². The van der Waals surface area contributed by atoms with Gasteiger partial charge in [-0.2, -0.15) is 0 Å². The molecule has 0 aromatic rings. The van der Waals surface area contributed by atoms with Crippen molar-refractivity contribution in [3.63, 3.8) is 0 Å². The number of rotatable bonds is 8.